The number of hydrogen-bond donors (Lipinski definition) is 3. The van der Waals surface area contributed by atoms with E-state index < -0.39 is 29.5 Å². The van der Waals surface area contributed by atoms with E-state index in [1.54, 1.807) is 19.1 Å². The topological polar surface area (TPSA) is 107 Å². The summed E-state index contributed by atoms with van der Waals surface area (Å²) < 4.78 is 45.0. The molecule has 1 unspecified atom stereocenters. The average molecular weight is 615 g/mol. The summed E-state index contributed by atoms with van der Waals surface area (Å²) in [6.07, 6.45) is -2.47. The van der Waals surface area contributed by atoms with Gasteiger partial charge in [-0.3, -0.25) is 9.59 Å². The number of alkyl halides is 3. The predicted molar refractivity (Wildman–Crippen MR) is 157 cm³/mol. The van der Waals surface area contributed by atoms with Crippen molar-refractivity contribution in [1.29, 1.82) is 5.26 Å². The van der Waals surface area contributed by atoms with Crippen LogP contribution in [0.15, 0.2) is 81.1 Å². The number of carbonyl (C=O) groups excluding carboxylic acids is 2. The molecule has 2 amide bonds. The van der Waals surface area contributed by atoms with E-state index in [-0.39, 0.29) is 27.6 Å². The van der Waals surface area contributed by atoms with E-state index in [2.05, 4.69) is 22.0 Å². The molecule has 2 aromatic carbocycles. The number of thioether (sulfide) groups is 1. The fraction of sp³-hybridized carbons (Fsp3) is 0.233. The molecule has 0 aliphatic carbocycles. The van der Waals surface area contributed by atoms with Crippen LogP contribution in [0, 0.1) is 18.3 Å². The molecular formula is C30H26ClF3N4O3S. The van der Waals surface area contributed by atoms with Gasteiger partial charge in [0.1, 0.15) is 5.76 Å². The Morgan fingerprint density at radius 3 is 2.55 bits per heavy atom. The minimum atomic E-state index is -4.61. The van der Waals surface area contributed by atoms with Crippen molar-refractivity contribution in [3.63, 3.8) is 0 Å². The molecule has 0 fully saturated rings. The average Bonchev–Trinajstić information content (AvgIpc) is 3.48. The highest BCUT2D eigenvalue weighted by Gasteiger charge is 2.37. The van der Waals surface area contributed by atoms with Crippen molar-refractivity contribution in [3.8, 4) is 6.07 Å². The first-order valence-corrected chi connectivity index (χ1v) is 14.2. The van der Waals surface area contributed by atoms with Crippen molar-refractivity contribution in [2.24, 2.45) is 0 Å². The lowest BCUT2D eigenvalue weighted by Gasteiger charge is -2.28. The molecule has 0 spiro atoms. The molecule has 12 heteroatoms. The van der Waals surface area contributed by atoms with Gasteiger partial charge >= 0.3 is 6.18 Å². The standard InChI is InChI=1S/C30H26ClF3N4O3S/c1-4-18-8-5-7-16(2)27(18)38-28(40)25-17(3)36-29(20(14-35)26(25)23-9-6-12-41-23)42-15-24(39)37-22-13-19(30(32,33)34)10-11-21(22)31/h5-13,26,36H,4,15H2,1-3H3,(H,37,39)(H,38,40). The molecular weight excluding hydrogens is 589 g/mol. The predicted octanol–water partition coefficient (Wildman–Crippen LogP) is 7.53. The first-order chi connectivity index (χ1) is 19.9. The first kappa shape index (κ1) is 30.8. The van der Waals surface area contributed by atoms with Gasteiger partial charge in [0.05, 0.1) is 56.5 Å². The number of hydrogen-bond acceptors (Lipinski definition) is 6. The quantitative estimate of drug-likeness (QED) is 0.242. The second kappa shape index (κ2) is 12.8. The number of nitrogens with one attached hydrogen (secondary N) is 3. The van der Waals surface area contributed by atoms with E-state index in [0.29, 0.717) is 28.6 Å². The van der Waals surface area contributed by atoms with Crippen molar-refractivity contribution in [2.45, 2.75) is 39.3 Å². The molecule has 3 N–H and O–H groups in total. The monoisotopic (exact) mass is 614 g/mol. The third-order valence-electron chi connectivity index (χ3n) is 6.61. The Morgan fingerprint density at radius 1 is 1.14 bits per heavy atom. The SMILES string of the molecule is CCc1cccc(C)c1NC(=O)C1=C(C)NC(SCC(=O)Nc2cc(C(F)(F)F)ccc2Cl)=C(C#N)C1c1ccco1. The molecule has 42 heavy (non-hydrogen) atoms. The van der Waals surface area contributed by atoms with Crippen LogP contribution in [0.5, 0.6) is 0 Å². The molecule has 1 aliphatic rings. The number of nitrogens with zero attached hydrogens (tertiary/aromatic N) is 1. The summed E-state index contributed by atoms with van der Waals surface area (Å²) in [6, 6.07) is 13.8. The Kier molecular flexibility index (Phi) is 9.39. The first-order valence-electron chi connectivity index (χ1n) is 12.8. The Morgan fingerprint density at radius 2 is 1.90 bits per heavy atom. The number of allylic oxidation sites excluding steroid dienone is 2. The van der Waals surface area contributed by atoms with E-state index >= 15 is 0 Å². The van der Waals surface area contributed by atoms with Crippen LogP contribution in [-0.2, 0) is 22.2 Å². The fourth-order valence-corrected chi connectivity index (χ4v) is 5.63. The molecule has 1 aliphatic heterocycles. The van der Waals surface area contributed by atoms with Crippen LogP contribution in [0.1, 0.15) is 42.2 Å². The molecule has 0 bridgehead atoms. The maximum atomic E-state index is 13.7. The van der Waals surface area contributed by atoms with E-state index in [0.717, 1.165) is 41.1 Å². The van der Waals surface area contributed by atoms with Crippen LogP contribution >= 0.6 is 23.4 Å². The van der Waals surface area contributed by atoms with E-state index in [1.165, 1.54) is 6.26 Å². The molecule has 1 aromatic heterocycles. The number of anilines is 2. The maximum absolute atomic E-state index is 13.7. The molecule has 3 aromatic rings. The van der Waals surface area contributed by atoms with Gasteiger partial charge in [0, 0.05) is 11.4 Å². The zero-order valence-electron chi connectivity index (χ0n) is 22.8. The van der Waals surface area contributed by atoms with Crippen LogP contribution < -0.4 is 16.0 Å². The maximum Gasteiger partial charge on any atom is 0.416 e. The third kappa shape index (κ3) is 6.66. The number of dihydropyridines is 1. The third-order valence-corrected chi connectivity index (χ3v) is 7.96. The number of carbonyl (C=O) groups is 2. The van der Waals surface area contributed by atoms with E-state index in [1.807, 2.05) is 32.0 Å². The Balaban J connectivity index is 1.60. The zero-order valence-corrected chi connectivity index (χ0v) is 24.4. The highest BCUT2D eigenvalue weighted by atomic mass is 35.5. The highest BCUT2D eigenvalue weighted by molar-refractivity contribution is 8.03. The number of nitriles is 1. The van der Waals surface area contributed by atoms with Crippen molar-refractivity contribution in [3.05, 3.63) is 104 Å². The lowest BCUT2D eigenvalue weighted by molar-refractivity contribution is -0.137. The van der Waals surface area contributed by atoms with Crippen molar-refractivity contribution in [2.75, 3.05) is 16.4 Å². The molecule has 0 saturated heterocycles. The molecule has 0 radical (unpaired) electrons. The van der Waals surface area contributed by atoms with E-state index in [9.17, 15) is 28.0 Å². The van der Waals surface area contributed by atoms with Crippen LogP contribution in [0.25, 0.3) is 0 Å². The lowest BCUT2D eigenvalue weighted by atomic mass is 9.85. The molecule has 2 heterocycles. The molecule has 218 valence electrons. The van der Waals surface area contributed by atoms with Gasteiger partial charge in [0.15, 0.2) is 0 Å². The van der Waals surface area contributed by atoms with Gasteiger partial charge in [0.2, 0.25) is 5.91 Å². The van der Waals surface area contributed by atoms with Crippen molar-refractivity contribution in [1.82, 2.24) is 5.32 Å². The zero-order chi connectivity index (χ0) is 30.6. The smallest absolute Gasteiger partial charge is 0.416 e. The van der Waals surface area contributed by atoms with Gasteiger partial charge in [-0.1, -0.05) is 48.5 Å². The summed E-state index contributed by atoms with van der Waals surface area (Å²) in [7, 11) is 0. The normalized spacial score (nSPS) is 15.2. The fourth-order valence-electron chi connectivity index (χ4n) is 4.57. The Labute approximate surface area is 249 Å². The van der Waals surface area contributed by atoms with Crippen LogP contribution in [0.2, 0.25) is 5.02 Å². The number of rotatable bonds is 8. The number of aryl methyl sites for hydroxylation is 2. The number of halogens is 4. The Hall–Kier alpha value is -4.14. The molecule has 4 rings (SSSR count). The van der Waals surface area contributed by atoms with Gasteiger partial charge in [-0.2, -0.15) is 18.4 Å². The highest BCUT2D eigenvalue weighted by Crippen LogP contribution is 2.41. The minimum absolute atomic E-state index is 0.0544. The van der Waals surface area contributed by atoms with Gasteiger partial charge in [0.25, 0.3) is 5.91 Å². The molecule has 0 saturated carbocycles. The summed E-state index contributed by atoms with van der Waals surface area (Å²) in [5, 5.41) is 18.9. The minimum Gasteiger partial charge on any atom is -0.468 e. The lowest BCUT2D eigenvalue weighted by Crippen LogP contribution is -2.31. The summed E-state index contributed by atoms with van der Waals surface area (Å²) in [4.78, 5) is 26.4. The van der Waals surface area contributed by atoms with Gasteiger partial charge in [-0.05, 0) is 61.7 Å². The second-order valence-corrected chi connectivity index (χ2v) is 10.8. The van der Waals surface area contributed by atoms with Crippen LogP contribution in [-0.4, -0.2) is 17.6 Å². The Bertz CT molecular complexity index is 1630. The summed E-state index contributed by atoms with van der Waals surface area (Å²) >= 11 is 6.97. The van der Waals surface area contributed by atoms with Crippen molar-refractivity contribution < 1.29 is 27.2 Å². The summed E-state index contributed by atoms with van der Waals surface area (Å²) in [6.45, 7) is 5.56. The largest absolute Gasteiger partial charge is 0.468 e. The molecule has 1 atom stereocenters. The van der Waals surface area contributed by atoms with Gasteiger partial charge < -0.3 is 20.4 Å². The van der Waals surface area contributed by atoms with Gasteiger partial charge in [-0.15, -0.1) is 0 Å². The second-order valence-electron chi connectivity index (χ2n) is 9.41. The number of para-hydroxylation sites is 1. The van der Waals surface area contributed by atoms with Crippen LogP contribution in [0.3, 0.4) is 0 Å². The number of amides is 2. The number of benzene rings is 2. The van der Waals surface area contributed by atoms with E-state index in [4.69, 9.17) is 16.0 Å². The van der Waals surface area contributed by atoms with Gasteiger partial charge in [-0.25, -0.2) is 0 Å². The summed E-state index contributed by atoms with van der Waals surface area (Å²) in [5.74, 6) is -1.83. The molecule has 7 nitrogen and oxygen atoms in total. The van der Waals surface area contributed by atoms with Crippen LogP contribution in [0.4, 0.5) is 24.5 Å². The van der Waals surface area contributed by atoms with Crippen molar-refractivity contribution >= 4 is 46.6 Å². The number of furan rings is 1. The summed E-state index contributed by atoms with van der Waals surface area (Å²) in [5.41, 5.74) is 2.27.